The summed E-state index contributed by atoms with van der Waals surface area (Å²) < 4.78 is 0. The zero-order valence-corrected chi connectivity index (χ0v) is 30.2. The first-order chi connectivity index (χ1) is 20.9. The molecule has 0 spiro atoms. The van der Waals surface area contributed by atoms with Crippen molar-refractivity contribution in [2.24, 2.45) is 23.7 Å². The number of nitrogens with zero attached hydrogens (tertiary/aromatic N) is 3. The minimum atomic E-state index is -1.31. The van der Waals surface area contributed by atoms with Gasteiger partial charge in [0, 0.05) is 21.1 Å². The van der Waals surface area contributed by atoms with Gasteiger partial charge in [0.1, 0.15) is 24.4 Å². The Morgan fingerprint density at radius 2 is 1.33 bits per heavy atom. The first-order valence-corrected chi connectivity index (χ1v) is 16.4. The molecule has 0 aliphatic heterocycles. The number of hydrogen-bond donors (Lipinski definition) is 3. The Balaban J connectivity index is 6.61. The standard InChI is InChI=1S/C34H63N5O6/c1-14-16-17-24(9)30(41)29(31(42)36-25(15-2)20-40)39(13)34(45)28(23(7)8)38(12)33(44)27(19-22(5)6)37(11)32(43)26(35-10)18-21(3)4/h14,16,20-30,35,41H,15,17-19H2,1-13H3,(H,36,42)/b16-14+. The quantitative estimate of drug-likeness (QED) is 0.138. The molecule has 7 unspecified atom stereocenters. The fourth-order valence-corrected chi connectivity index (χ4v) is 5.56. The lowest BCUT2D eigenvalue weighted by molar-refractivity contribution is -0.156. The lowest BCUT2D eigenvalue weighted by Crippen LogP contribution is -2.62. The number of aliphatic hydroxyl groups is 1. The first-order valence-electron chi connectivity index (χ1n) is 16.4. The Bertz CT molecular complexity index is 984. The number of aliphatic hydroxyl groups excluding tert-OH is 1. The van der Waals surface area contributed by atoms with Crippen LogP contribution >= 0.6 is 0 Å². The lowest BCUT2D eigenvalue weighted by atomic mass is 9.91. The molecule has 0 rings (SSSR count). The second-order valence-corrected chi connectivity index (χ2v) is 13.5. The highest BCUT2D eigenvalue weighted by molar-refractivity contribution is 5.95. The summed E-state index contributed by atoms with van der Waals surface area (Å²) in [5.74, 6) is -2.15. The van der Waals surface area contributed by atoms with Crippen molar-refractivity contribution in [3.63, 3.8) is 0 Å². The minimum absolute atomic E-state index is 0.0859. The van der Waals surface area contributed by atoms with E-state index in [-0.39, 0.29) is 35.5 Å². The molecule has 0 saturated heterocycles. The number of nitrogens with one attached hydrogen (secondary N) is 2. The van der Waals surface area contributed by atoms with Crippen molar-refractivity contribution in [3.8, 4) is 0 Å². The first kappa shape index (κ1) is 42.2. The molecule has 11 heteroatoms. The van der Waals surface area contributed by atoms with Crippen molar-refractivity contribution < 1.29 is 29.1 Å². The maximum absolute atomic E-state index is 14.2. The van der Waals surface area contributed by atoms with Gasteiger partial charge in [0.05, 0.1) is 18.2 Å². The SMILES string of the molecule is C/C=C/CC(C)C(O)C(C(=O)NC(C=O)CC)N(C)C(=O)C(C(C)C)N(C)C(=O)C(CC(C)C)N(C)C(=O)C(CC(C)C)NC. The van der Waals surface area contributed by atoms with E-state index in [1.54, 1.807) is 35.0 Å². The van der Waals surface area contributed by atoms with E-state index >= 15 is 0 Å². The van der Waals surface area contributed by atoms with Crippen LogP contribution < -0.4 is 10.6 Å². The van der Waals surface area contributed by atoms with Gasteiger partial charge in [0.25, 0.3) is 0 Å². The van der Waals surface area contributed by atoms with E-state index in [4.69, 9.17) is 0 Å². The van der Waals surface area contributed by atoms with Crippen LogP contribution in [0.25, 0.3) is 0 Å². The van der Waals surface area contributed by atoms with Crippen molar-refractivity contribution in [2.45, 2.75) is 124 Å². The number of carbonyl (C=O) groups excluding carboxylic acids is 5. The smallest absolute Gasteiger partial charge is 0.246 e. The van der Waals surface area contributed by atoms with E-state index < -0.39 is 48.1 Å². The zero-order valence-electron chi connectivity index (χ0n) is 30.2. The minimum Gasteiger partial charge on any atom is -0.390 e. The van der Waals surface area contributed by atoms with Crippen molar-refractivity contribution >= 4 is 29.9 Å². The third-order valence-corrected chi connectivity index (χ3v) is 8.41. The average molecular weight is 638 g/mol. The molecule has 0 bridgehead atoms. The van der Waals surface area contributed by atoms with E-state index in [0.29, 0.717) is 32.0 Å². The van der Waals surface area contributed by atoms with Gasteiger partial charge >= 0.3 is 0 Å². The third kappa shape index (κ3) is 12.5. The number of aldehydes is 1. The molecule has 0 aromatic heterocycles. The largest absolute Gasteiger partial charge is 0.390 e. The topological polar surface area (TPSA) is 139 Å². The molecule has 0 aliphatic carbocycles. The third-order valence-electron chi connectivity index (χ3n) is 8.41. The van der Waals surface area contributed by atoms with Gasteiger partial charge in [-0.1, -0.05) is 67.5 Å². The molecule has 260 valence electrons. The Morgan fingerprint density at radius 3 is 1.76 bits per heavy atom. The number of likely N-dealkylation sites (N-methyl/N-ethyl adjacent to an activating group) is 4. The van der Waals surface area contributed by atoms with E-state index in [1.165, 1.54) is 21.7 Å². The van der Waals surface area contributed by atoms with Gasteiger partial charge < -0.3 is 35.2 Å². The fraction of sp³-hybridized carbons (Fsp3) is 0.794. The summed E-state index contributed by atoms with van der Waals surface area (Å²) >= 11 is 0. The highest BCUT2D eigenvalue weighted by Crippen LogP contribution is 2.23. The normalized spacial score (nSPS) is 16.6. The molecule has 11 nitrogen and oxygen atoms in total. The van der Waals surface area contributed by atoms with Crippen LogP contribution in [-0.4, -0.2) is 114 Å². The second kappa shape index (κ2) is 20.4. The summed E-state index contributed by atoms with van der Waals surface area (Å²) in [7, 11) is 6.35. The average Bonchev–Trinajstić information content (AvgIpc) is 2.98. The molecule has 0 aromatic carbocycles. The van der Waals surface area contributed by atoms with Crippen LogP contribution in [0.15, 0.2) is 12.2 Å². The molecular formula is C34H63N5O6. The van der Waals surface area contributed by atoms with Crippen LogP contribution in [0.4, 0.5) is 0 Å². The summed E-state index contributed by atoms with van der Waals surface area (Å²) in [6, 6.07) is -4.33. The maximum Gasteiger partial charge on any atom is 0.246 e. The number of amides is 4. The fourth-order valence-electron chi connectivity index (χ4n) is 5.56. The van der Waals surface area contributed by atoms with E-state index in [0.717, 1.165) is 0 Å². The Morgan fingerprint density at radius 1 is 0.800 bits per heavy atom. The summed E-state index contributed by atoms with van der Waals surface area (Å²) in [5, 5.41) is 17.1. The maximum atomic E-state index is 14.2. The van der Waals surface area contributed by atoms with Gasteiger partial charge in [-0.15, -0.1) is 0 Å². The molecule has 0 aliphatic rings. The number of allylic oxidation sites excluding steroid dienone is 2. The summed E-state index contributed by atoms with van der Waals surface area (Å²) in [5.41, 5.74) is 0. The second-order valence-electron chi connectivity index (χ2n) is 13.5. The van der Waals surface area contributed by atoms with Gasteiger partial charge in [-0.05, 0) is 63.3 Å². The Hall–Kier alpha value is -2.79. The zero-order chi connectivity index (χ0) is 35.2. The van der Waals surface area contributed by atoms with Gasteiger partial charge in [-0.25, -0.2) is 0 Å². The number of hydrogen-bond acceptors (Lipinski definition) is 7. The van der Waals surface area contributed by atoms with Crippen molar-refractivity contribution in [2.75, 3.05) is 28.2 Å². The highest BCUT2D eigenvalue weighted by Gasteiger charge is 2.43. The van der Waals surface area contributed by atoms with Gasteiger partial charge in [0.15, 0.2) is 0 Å². The molecular weight excluding hydrogens is 574 g/mol. The molecule has 45 heavy (non-hydrogen) atoms. The molecule has 0 radical (unpaired) electrons. The van der Waals surface area contributed by atoms with Crippen LogP contribution in [0.5, 0.6) is 0 Å². The van der Waals surface area contributed by atoms with Crippen LogP contribution in [0.1, 0.15) is 88.0 Å². The highest BCUT2D eigenvalue weighted by atomic mass is 16.3. The van der Waals surface area contributed by atoms with Crippen LogP contribution in [-0.2, 0) is 24.0 Å². The number of rotatable bonds is 20. The predicted octanol–water partition coefficient (Wildman–Crippen LogP) is 2.86. The number of carbonyl (C=O) groups is 5. The van der Waals surface area contributed by atoms with Crippen molar-refractivity contribution in [1.82, 2.24) is 25.3 Å². The summed E-state index contributed by atoms with van der Waals surface area (Å²) in [6.45, 7) is 17.0. The molecule has 3 N–H and O–H groups in total. The lowest BCUT2D eigenvalue weighted by Gasteiger charge is -2.41. The van der Waals surface area contributed by atoms with Crippen LogP contribution in [0, 0.1) is 23.7 Å². The van der Waals surface area contributed by atoms with Gasteiger partial charge in [0.2, 0.25) is 23.6 Å². The van der Waals surface area contributed by atoms with Gasteiger partial charge in [-0.2, -0.15) is 0 Å². The molecule has 4 amide bonds. The summed E-state index contributed by atoms with van der Waals surface area (Å²) in [4.78, 5) is 71.1. The van der Waals surface area contributed by atoms with Crippen LogP contribution in [0.3, 0.4) is 0 Å². The van der Waals surface area contributed by atoms with Gasteiger partial charge in [-0.3, -0.25) is 19.2 Å². The summed E-state index contributed by atoms with van der Waals surface area (Å²) in [6.07, 6.45) is 4.94. The van der Waals surface area contributed by atoms with Crippen molar-refractivity contribution in [1.29, 1.82) is 0 Å². The molecule has 0 fully saturated rings. The van der Waals surface area contributed by atoms with Crippen LogP contribution in [0.2, 0.25) is 0 Å². The molecule has 7 atom stereocenters. The predicted molar refractivity (Wildman–Crippen MR) is 179 cm³/mol. The Kier molecular flexibility index (Phi) is 19.1. The molecule has 0 heterocycles. The molecule has 0 aromatic rings. The van der Waals surface area contributed by atoms with E-state index in [1.807, 2.05) is 60.6 Å². The van der Waals surface area contributed by atoms with Crippen molar-refractivity contribution in [3.05, 3.63) is 12.2 Å². The van der Waals surface area contributed by atoms with E-state index in [2.05, 4.69) is 10.6 Å². The molecule has 0 saturated carbocycles. The Labute approximate surface area is 272 Å². The monoisotopic (exact) mass is 637 g/mol. The van der Waals surface area contributed by atoms with E-state index in [9.17, 15) is 29.1 Å².